The number of aromatic nitrogens is 2. The minimum atomic E-state index is -0.128. The quantitative estimate of drug-likeness (QED) is 0.478. The number of carbonyl (C=O) groups excluding carboxylic acids is 1. The van der Waals surface area contributed by atoms with Gasteiger partial charge < -0.3 is 14.7 Å². The number of nitrogens with zero attached hydrogens (tertiary/aromatic N) is 3. The van der Waals surface area contributed by atoms with E-state index in [1.165, 1.54) is 38.4 Å². The Morgan fingerprint density at radius 3 is 2.87 bits per heavy atom. The summed E-state index contributed by atoms with van der Waals surface area (Å²) in [5, 5.41) is 10.3. The zero-order valence-corrected chi connectivity index (χ0v) is 23.6. The molecule has 2 unspecified atom stereocenters. The van der Waals surface area contributed by atoms with Crippen molar-refractivity contribution in [3.05, 3.63) is 30.2 Å². The first-order valence-corrected chi connectivity index (χ1v) is 15.4. The van der Waals surface area contributed by atoms with Gasteiger partial charge in [-0.2, -0.15) is 0 Å². The van der Waals surface area contributed by atoms with Crippen LogP contribution < -0.4 is 4.74 Å². The molecular weight excluding hydrogens is 474 g/mol. The molecule has 2 heterocycles. The van der Waals surface area contributed by atoms with Crippen LogP contribution in [0.3, 0.4) is 0 Å². The largest absolute Gasteiger partial charge is 0.472 e. The molecule has 0 radical (unpaired) electrons. The zero-order chi connectivity index (χ0) is 26.5. The second kappa shape index (κ2) is 10.2. The van der Waals surface area contributed by atoms with E-state index in [4.69, 9.17) is 4.74 Å². The van der Waals surface area contributed by atoms with Crippen LogP contribution in [0.4, 0.5) is 0 Å². The normalized spacial score (nSPS) is 41.1. The van der Waals surface area contributed by atoms with Crippen LogP contribution >= 0.6 is 0 Å². The van der Waals surface area contributed by atoms with Crippen molar-refractivity contribution in [2.24, 2.45) is 40.4 Å². The minimum Gasteiger partial charge on any atom is -0.472 e. The summed E-state index contributed by atoms with van der Waals surface area (Å²) >= 11 is 0. The topological polar surface area (TPSA) is 75.6 Å². The van der Waals surface area contributed by atoms with Crippen LogP contribution in [-0.2, 0) is 4.79 Å². The lowest BCUT2D eigenvalue weighted by Gasteiger charge is -2.58. The van der Waals surface area contributed by atoms with Crippen LogP contribution in [0, 0.1) is 40.4 Å². The van der Waals surface area contributed by atoms with Gasteiger partial charge in [-0.15, -0.1) is 0 Å². The molecule has 4 fully saturated rings. The summed E-state index contributed by atoms with van der Waals surface area (Å²) in [6.45, 7) is 8.98. The average Bonchev–Trinajstić information content (AvgIpc) is 3.52. The van der Waals surface area contributed by atoms with Crippen LogP contribution in [0.5, 0.6) is 5.88 Å². The van der Waals surface area contributed by atoms with Gasteiger partial charge in [-0.05, 0) is 98.2 Å². The molecule has 1 aliphatic heterocycles. The van der Waals surface area contributed by atoms with E-state index in [0.29, 0.717) is 35.6 Å². The third kappa shape index (κ3) is 4.59. The monoisotopic (exact) mass is 521 g/mol. The van der Waals surface area contributed by atoms with Crippen molar-refractivity contribution in [1.29, 1.82) is 0 Å². The summed E-state index contributed by atoms with van der Waals surface area (Å²) in [6.07, 6.45) is 17.7. The van der Waals surface area contributed by atoms with Crippen molar-refractivity contribution in [2.75, 3.05) is 13.1 Å². The fourth-order valence-electron chi connectivity index (χ4n) is 9.90. The van der Waals surface area contributed by atoms with Gasteiger partial charge in [0.2, 0.25) is 11.8 Å². The summed E-state index contributed by atoms with van der Waals surface area (Å²) in [7, 11) is 0. The molecule has 3 saturated carbocycles. The first-order chi connectivity index (χ1) is 18.3. The van der Waals surface area contributed by atoms with Crippen LogP contribution in [0.1, 0.15) is 91.4 Å². The maximum atomic E-state index is 13.1. The van der Waals surface area contributed by atoms with Gasteiger partial charge in [-0.3, -0.25) is 4.79 Å². The Balaban J connectivity index is 1.04. The van der Waals surface area contributed by atoms with Crippen molar-refractivity contribution < 1.29 is 14.6 Å². The summed E-state index contributed by atoms with van der Waals surface area (Å²) in [5.41, 5.74) is 2.28. The van der Waals surface area contributed by atoms with E-state index in [0.717, 1.165) is 62.3 Å². The number of hydrogen-bond donors (Lipinski definition) is 1. The maximum absolute atomic E-state index is 13.1. The molecule has 6 rings (SSSR count). The first-order valence-electron chi connectivity index (χ1n) is 15.4. The highest BCUT2D eigenvalue weighted by Gasteiger charge is 2.59. The summed E-state index contributed by atoms with van der Waals surface area (Å²) in [6, 6.07) is 1.78. The molecule has 0 spiro atoms. The van der Waals surface area contributed by atoms with E-state index in [1.54, 1.807) is 17.8 Å². The van der Waals surface area contributed by atoms with Gasteiger partial charge in [0.05, 0.1) is 12.6 Å². The highest BCUT2D eigenvalue weighted by atomic mass is 16.5. The van der Waals surface area contributed by atoms with Crippen molar-refractivity contribution >= 4 is 5.91 Å². The van der Waals surface area contributed by atoms with Gasteiger partial charge in [0.1, 0.15) is 12.4 Å². The predicted molar refractivity (Wildman–Crippen MR) is 147 cm³/mol. The van der Waals surface area contributed by atoms with Gasteiger partial charge in [0.25, 0.3) is 0 Å². The maximum Gasteiger partial charge on any atom is 0.222 e. The molecule has 1 saturated heterocycles. The Hall–Kier alpha value is -1.95. The van der Waals surface area contributed by atoms with Gasteiger partial charge in [0.15, 0.2) is 0 Å². The molecule has 38 heavy (non-hydrogen) atoms. The van der Waals surface area contributed by atoms with Crippen LogP contribution in [0.25, 0.3) is 0 Å². The molecule has 1 amide bonds. The van der Waals surface area contributed by atoms with Gasteiger partial charge >= 0.3 is 0 Å². The Bertz CT molecular complexity index is 1050. The van der Waals surface area contributed by atoms with Crippen LogP contribution in [0.15, 0.2) is 30.2 Å². The highest BCUT2D eigenvalue weighted by molar-refractivity contribution is 5.76. The van der Waals surface area contributed by atoms with Gasteiger partial charge in [-0.1, -0.05) is 32.4 Å². The summed E-state index contributed by atoms with van der Waals surface area (Å²) in [5.74, 6) is 4.57. The molecule has 4 aliphatic carbocycles. The number of rotatable bonds is 6. The smallest absolute Gasteiger partial charge is 0.222 e. The first kappa shape index (κ1) is 26.3. The standard InChI is InChI=1S/C32H47N3O3/c1-21(4-9-30(37)35-17-13-24(19-35)38-29-12-16-33-20-34-29)26-7-8-27-25-6-5-22-18-23(36)10-14-31(22,2)28(25)11-15-32(26,27)3/h5,12,16,20-21,23-28,36H,4,6-11,13-15,17-19H2,1-3H3/t21?,23-,24?,25-,26+,27-,28-,31-,32+/m0/s1. The number of allylic oxidation sites excluding steroid dienone is 1. The van der Waals surface area contributed by atoms with Crippen molar-refractivity contribution in [2.45, 2.75) is 104 Å². The molecule has 1 aromatic rings. The fraction of sp³-hybridized carbons (Fsp3) is 0.781. The molecule has 1 N–H and O–H groups in total. The zero-order valence-electron chi connectivity index (χ0n) is 23.6. The lowest BCUT2D eigenvalue weighted by atomic mass is 9.47. The summed E-state index contributed by atoms with van der Waals surface area (Å²) in [4.78, 5) is 23.2. The molecule has 208 valence electrons. The molecule has 5 aliphatic rings. The molecular formula is C32H47N3O3. The van der Waals surface area contributed by atoms with E-state index in [-0.39, 0.29) is 18.1 Å². The molecule has 0 bridgehead atoms. The Morgan fingerprint density at radius 1 is 1.18 bits per heavy atom. The van der Waals surface area contributed by atoms with Crippen LogP contribution in [-0.4, -0.2) is 51.2 Å². The Morgan fingerprint density at radius 2 is 2.05 bits per heavy atom. The lowest BCUT2D eigenvalue weighted by molar-refractivity contribution is -0.131. The third-order valence-corrected chi connectivity index (χ3v) is 12.0. The number of likely N-dealkylation sites (tertiary alicyclic amines) is 1. The van der Waals surface area contributed by atoms with Gasteiger partial charge in [0, 0.05) is 31.6 Å². The van der Waals surface area contributed by atoms with E-state index >= 15 is 0 Å². The summed E-state index contributed by atoms with van der Waals surface area (Å²) < 4.78 is 5.96. The fourth-order valence-corrected chi connectivity index (χ4v) is 9.90. The van der Waals surface area contributed by atoms with Crippen molar-refractivity contribution in [3.8, 4) is 5.88 Å². The number of hydrogen-bond acceptors (Lipinski definition) is 5. The number of aliphatic hydroxyl groups excluding tert-OH is 1. The molecule has 6 heteroatoms. The minimum absolute atomic E-state index is 0.0234. The van der Waals surface area contributed by atoms with E-state index in [9.17, 15) is 9.90 Å². The number of ether oxygens (including phenoxy) is 1. The number of fused-ring (bicyclic) bond motifs is 5. The second-order valence-corrected chi connectivity index (χ2v) is 13.8. The Kier molecular flexibility index (Phi) is 7.07. The average molecular weight is 522 g/mol. The SMILES string of the molecule is CC(CCC(=O)N1CCC(Oc2ccncn2)C1)[C@H]1CC[C@H]2[C@@H]3CC=C4C[C@@H](O)CC[C@]4(C)[C@H]3CC[C@]12C. The number of aliphatic hydroxyl groups is 1. The third-order valence-electron chi connectivity index (χ3n) is 12.0. The van der Waals surface area contributed by atoms with E-state index < -0.39 is 0 Å². The second-order valence-electron chi connectivity index (χ2n) is 13.8. The predicted octanol–water partition coefficient (Wildman–Crippen LogP) is 5.81. The van der Waals surface area contributed by atoms with Crippen molar-refractivity contribution in [3.63, 3.8) is 0 Å². The molecule has 0 aromatic carbocycles. The van der Waals surface area contributed by atoms with E-state index in [1.807, 2.05) is 4.90 Å². The highest BCUT2D eigenvalue weighted by Crippen LogP contribution is 2.67. The molecule has 6 nitrogen and oxygen atoms in total. The number of amides is 1. The molecule has 9 atom stereocenters. The number of carbonyl (C=O) groups is 1. The van der Waals surface area contributed by atoms with Crippen molar-refractivity contribution in [1.82, 2.24) is 14.9 Å². The van der Waals surface area contributed by atoms with E-state index in [2.05, 4.69) is 36.8 Å². The van der Waals surface area contributed by atoms with Gasteiger partial charge in [-0.25, -0.2) is 9.97 Å². The lowest BCUT2D eigenvalue weighted by Crippen LogP contribution is -2.50. The Labute approximate surface area is 228 Å². The molecule has 1 aromatic heterocycles. The van der Waals surface area contributed by atoms with Crippen LogP contribution in [0.2, 0.25) is 0 Å².